The summed E-state index contributed by atoms with van der Waals surface area (Å²) in [6, 6.07) is 15.6. The number of carbonyl (C=O) groups is 1. The van der Waals surface area contributed by atoms with Gasteiger partial charge in [-0.15, -0.1) is 0 Å². The summed E-state index contributed by atoms with van der Waals surface area (Å²) in [5.41, 5.74) is 3.71. The van der Waals surface area contributed by atoms with Gasteiger partial charge in [0.25, 0.3) is 5.91 Å². The van der Waals surface area contributed by atoms with Gasteiger partial charge in [0.2, 0.25) is 6.79 Å². The van der Waals surface area contributed by atoms with E-state index in [9.17, 15) is 4.79 Å². The number of hydrogen-bond acceptors (Lipinski definition) is 5. The Morgan fingerprint density at radius 2 is 1.77 bits per heavy atom. The highest BCUT2D eigenvalue weighted by Crippen LogP contribution is 2.33. The quantitative estimate of drug-likeness (QED) is 0.436. The molecule has 2 aromatic heterocycles. The van der Waals surface area contributed by atoms with Crippen LogP contribution in [0.3, 0.4) is 0 Å². The Morgan fingerprint density at radius 1 is 0.935 bits per heavy atom. The molecule has 156 valence electrons. The summed E-state index contributed by atoms with van der Waals surface area (Å²) in [6.45, 7) is 2.93. The lowest BCUT2D eigenvalue weighted by Crippen LogP contribution is -2.49. The van der Waals surface area contributed by atoms with Crippen LogP contribution in [0.1, 0.15) is 10.4 Å². The van der Waals surface area contributed by atoms with E-state index in [0.29, 0.717) is 30.2 Å². The zero-order valence-electron chi connectivity index (χ0n) is 16.6. The number of aromatic nitrogens is 2. The summed E-state index contributed by atoms with van der Waals surface area (Å²) in [7, 11) is 0. The van der Waals surface area contributed by atoms with Crippen LogP contribution in [0.15, 0.2) is 59.2 Å². The van der Waals surface area contributed by atoms with Gasteiger partial charge in [0.15, 0.2) is 17.3 Å². The lowest BCUT2D eigenvalue weighted by atomic mass is 10.1. The topological polar surface area (TPSA) is 59.3 Å². The smallest absolute Gasteiger partial charge is 0.254 e. The predicted molar refractivity (Wildman–Crippen MR) is 121 cm³/mol. The third kappa shape index (κ3) is 3.09. The third-order valence-electron chi connectivity index (χ3n) is 5.89. The van der Waals surface area contributed by atoms with E-state index in [-0.39, 0.29) is 12.7 Å². The number of nitrogens with zero attached hydrogens (tertiary/aromatic N) is 4. The van der Waals surface area contributed by atoms with E-state index < -0.39 is 0 Å². The first kappa shape index (κ1) is 18.5. The van der Waals surface area contributed by atoms with E-state index in [1.165, 1.54) is 0 Å². The molecule has 0 unspecified atom stereocenters. The second-order valence-corrected chi connectivity index (χ2v) is 8.59. The first-order valence-electron chi connectivity index (χ1n) is 10.2. The Morgan fingerprint density at radius 3 is 2.65 bits per heavy atom. The highest BCUT2D eigenvalue weighted by Gasteiger charge is 2.26. The molecule has 2 aliphatic rings. The first-order valence-corrected chi connectivity index (χ1v) is 11.0. The van der Waals surface area contributed by atoms with Gasteiger partial charge in [-0.05, 0) is 48.5 Å². The molecule has 1 amide bonds. The second kappa shape index (κ2) is 7.16. The van der Waals surface area contributed by atoms with Crippen LogP contribution >= 0.6 is 15.9 Å². The summed E-state index contributed by atoms with van der Waals surface area (Å²) in [5.74, 6) is 2.28. The molecule has 31 heavy (non-hydrogen) atoms. The Balaban J connectivity index is 1.25. The van der Waals surface area contributed by atoms with Crippen LogP contribution in [0.25, 0.3) is 16.6 Å². The van der Waals surface area contributed by atoms with Crippen molar-refractivity contribution in [2.45, 2.75) is 0 Å². The number of anilines is 1. The molecule has 6 rings (SSSR count). The van der Waals surface area contributed by atoms with E-state index in [0.717, 1.165) is 39.9 Å². The minimum absolute atomic E-state index is 0.0150. The number of halogens is 1. The number of ether oxygens (including phenoxy) is 2. The van der Waals surface area contributed by atoms with Gasteiger partial charge < -0.3 is 23.7 Å². The fraction of sp³-hybridized carbons (Fsp3) is 0.217. The van der Waals surface area contributed by atoms with Gasteiger partial charge in [-0.2, -0.15) is 0 Å². The van der Waals surface area contributed by atoms with Gasteiger partial charge in [-0.1, -0.05) is 15.9 Å². The normalized spacial score (nSPS) is 15.8. The second-order valence-electron chi connectivity index (χ2n) is 7.68. The molecule has 7 nitrogen and oxygen atoms in total. The van der Waals surface area contributed by atoms with Gasteiger partial charge in [-0.3, -0.25) is 4.79 Å². The zero-order valence-corrected chi connectivity index (χ0v) is 18.2. The predicted octanol–water partition coefficient (Wildman–Crippen LogP) is 3.94. The molecule has 8 heteroatoms. The summed E-state index contributed by atoms with van der Waals surface area (Å²) in [6.07, 6.45) is 2.07. The zero-order chi connectivity index (χ0) is 20.9. The van der Waals surface area contributed by atoms with Crippen LogP contribution in [0.2, 0.25) is 0 Å². The highest BCUT2D eigenvalue weighted by molar-refractivity contribution is 9.10. The van der Waals surface area contributed by atoms with Crippen molar-refractivity contribution in [2.24, 2.45) is 0 Å². The van der Waals surface area contributed by atoms with E-state index in [1.807, 2.05) is 23.1 Å². The van der Waals surface area contributed by atoms with Crippen LogP contribution in [0.5, 0.6) is 11.5 Å². The van der Waals surface area contributed by atoms with Crippen LogP contribution in [-0.4, -0.2) is 53.2 Å². The lowest BCUT2D eigenvalue weighted by Gasteiger charge is -2.36. The summed E-state index contributed by atoms with van der Waals surface area (Å²) in [5, 5.41) is 0. The SMILES string of the molecule is O=C(c1ccc2c(c1)OCO2)N1CCN(c2nc3cc(Br)ccc3n3cccc23)CC1. The molecule has 1 saturated heterocycles. The molecule has 0 radical (unpaired) electrons. The van der Waals surface area contributed by atoms with Crippen LogP contribution in [0.4, 0.5) is 5.82 Å². The van der Waals surface area contributed by atoms with Crippen LogP contribution in [0, 0.1) is 0 Å². The number of rotatable bonds is 2. The lowest BCUT2D eigenvalue weighted by molar-refractivity contribution is 0.0746. The summed E-state index contributed by atoms with van der Waals surface area (Å²) < 4.78 is 13.9. The largest absolute Gasteiger partial charge is 0.454 e. The van der Waals surface area contributed by atoms with Crippen molar-refractivity contribution < 1.29 is 14.3 Å². The molecule has 0 atom stereocenters. The summed E-state index contributed by atoms with van der Waals surface area (Å²) in [4.78, 5) is 22.1. The molecule has 0 bridgehead atoms. The number of hydrogen-bond donors (Lipinski definition) is 0. The van der Waals surface area contributed by atoms with Crippen LogP contribution in [-0.2, 0) is 0 Å². The molecule has 4 aromatic rings. The molecule has 0 spiro atoms. The molecule has 0 saturated carbocycles. The molecule has 1 fully saturated rings. The number of carbonyl (C=O) groups excluding carboxylic acids is 1. The highest BCUT2D eigenvalue weighted by atomic mass is 79.9. The van der Waals surface area contributed by atoms with Crippen molar-refractivity contribution in [3.63, 3.8) is 0 Å². The van der Waals surface area contributed by atoms with Crippen molar-refractivity contribution in [3.8, 4) is 11.5 Å². The molecule has 0 N–H and O–H groups in total. The minimum atomic E-state index is 0.0150. The number of piperazine rings is 1. The number of amides is 1. The average molecular weight is 479 g/mol. The standard InChI is InChI=1S/C23H19BrN4O3/c24-16-4-5-18-17(13-16)25-22(19-2-1-7-28(18)19)26-8-10-27(11-9-26)23(29)15-3-6-20-21(12-15)31-14-30-20/h1-7,12-13H,8-11,14H2. The average Bonchev–Trinajstić information content (AvgIpc) is 3.47. The van der Waals surface area contributed by atoms with E-state index in [4.69, 9.17) is 14.5 Å². The van der Waals surface area contributed by atoms with Gasteiger partial charge in [0.1, 0.15) is 0 Å². The monoisotopic (exact) mass is 478 g/mol. The van der Waals surface area contributed by atoms with Crippen molar-refractivity contribution in [2.75, 3.05) is 37.9 Å². The van der Waals surface area contributed by atoms with Crippen molar-refractivity contribution in [3.05, 3.63) is 64.8 Å². The van der Waals surface area contributed by atoms with Crippen molar-refractivity contribution in [1.82, 2.24) is 14.3 Å². The Labute approximate surface area is 186 Å². The first-order chi connectivity index (χ1) is 15.2. The number of fused-ring (bicyclic) bond motifs is 4. The fourth-order valence-corrected chi connectivity index (χ4v) is 4.65. The molecular formula is C23H19BrN4O3. The number of benzene rings is 2. The maximum Gasteiger partial charge on any atom is 0.254 e. The van der Waals surface area contributed by atoms with Gasteiger partial charge in [0.05, 0.1) is 16.6 Å². The van der Waals surface area contributed by atoms with Gasteiger partial charge >= 0.3 is 0 Å². The summed E-state index contributed by atoms with van der Waals surface area (Å²) >= 11 is 3.55. The molecule has 4 heterocycles. The third-order valence-corrected chi connectivity index (χ3v) is 6.38. The van der Waals surface area contributed by atoms with E-state index in [2.05, 4.69) is 43.6 Å². The molecule has 2 aliphatic heterocycles. The molecule has 2 aromatic carbocycles. The molecular weight excluding hydrogens is 460 g/mol. The van der Waals surface area contributed by atoms with E-state index in [1.54, 1.807) is 18.2 Å². The van der Waals surface area contributed by atoms with Crippen molar-refractivity contribution >= 4 is 44.2 Å². The van der Waals surface area contributed by atoms with E-state index >= 15 is 0 Å². The maximum atomic E-state index is 13.0. The fourth-order valence-electron chi connectivity index (χ4n) is 4.30. The van der Waals surface area contributed by atoms with Crippen molar-refractivity contribution in [1.29, 1.82) is 0 Å². The van der Waals surface area contributed by atoms with Gasteiger partial charge in [0, 0.05) is 42.4 Å². The Kier molecular flexibility index (Phi) is 4.27. The van der Waals surface area contributed by atoms with Gasteiger partial charge in [-0.25, -0.2) is 4.98 Å². The minimum Gasteiger partial charge on any atom is -0.454 e. The molecule has 0 aliphatic carbocycles. The Hall–Kier alpha value is -3.26. The van der Waals surface area contributed by atoms with Crippen LogP contribution < -0.4 is 14.4 Å². The Bertz CT molecular complexity index is 1330. The maximum absolute atomic E-state index is 13.0.